The van der Waals surface area contributed by atoms with Gasteiger partial charge in [-0.15, -0.1) is 12.4 Å². The van der Waals surface area contributed by atoms with E-state index in [2.05, 4.69) is 5.32 Å². The third-order valence-corrected chi connectivity index (χ3v) is 4.75. The fraction of sp³-hybridized carbons (Fsp3) is 0.533. The molecule has 0 aliphatic heterocycles. The number of hydrogen-bond donors (Lipinski definition) is 2. The molecule has 3 N–H and O–H groups in total. The van der Waals surface area contributed by atoms with Crippen molar-refractivity contribution in [3.05, 3.63) is 35.4 Å². The summed E-state index contributed by atoms with van der Waals surface area (Å²) in [4.78, 5) is 12.2. The maximum Gasteiger partial charge on any atom is 0.225 e. The number of fused-ring (bicyclic) bond motifs is 2. The molecule has 1 aromatic rings. The summed E-state index contributed by atoms with van der Waals surface area (Å²) in [6.45, 7) is 0.0750. The number of hydrogen-bond acceptors (Lipinski definition) is 2. The fourth-order valence-electron chi connectivity index (χ4n) is 3.69. The zero-order valence-corrected chi connectivity index (χ0v) is 12.3. The molecule has 0 saturated heterocycles. The van der Waals surface area contributed by atoms with Crippen LogP contribution in [-0.4, -0.2) is 11.9 Å². The van der Waals surface area contributed by atoms with Crippen LogP contribution >= 0.6 is 12.4 Å². The monoisotopic (exact) mass is 316 g/mol. The van der Waals surface area contributed by atoms with Crippen molar-refractivity contribution in [1.29, 1.82) is 0 Å². The Balaban J connectivity index is 0.00000161. The number of amides is 1. The third-order valence-electron chi connectivity index (χ3n) is 4.75. The lowest BCUT2D eigenvalue weighted by Gasteiger charge is -2.27. The Hall–Kier alpha value is -1.20. The van der Waals surface area contributed by atoms with Crippen molar-refractivity contribution >= 4 is 18.3 Å². The highest BCUT2D eigenvalue weighted by Gasteiger charge is 2.48. The lowest BCUT2D eigenvalue weighted by Crippen LogP contribution is -2.45. The predicted octanol–water partition coefficient (Wildman–Crippen LogP) is 2.38. The summed E-state index contributed by atoms with van der Waals surface area (Å²) in [5.41, 5.74) is 6.39. The molecule has 6 heteroatoms. The zero-order chi connectivity index (χ0) is 14.3. The SMILES string of the molecule is Cl.NC1C2CCC(C2)C1C(=O)NCc1ccc(F)cc1F. The molecule has 1 amide bonds. The van der Waals surface area contributed by atoms with Crippen LogP contribution in [0.15, 0.2) is 18.2 Å². The molecule has 21 heavy (non-hydrogen) atoms. The van der Waals surface area contributed by atoms with Crippen LogP contribution in [0.3, 0.4) is 0 Å². The van der Waals surface area contributed by atoms with Crippen LogP contribution in [0.2, 0.25) is 0 Å². The first-order chi connectivity index (χ1) is 9.56. The minimum Gasteiger partial charge on any atom is -0.352 e. The van der Waals surface area contributed by atoms with Gasteiger partial charge in [-0.1, -0.05) is 6.07 Å². The molecule has 1 aromatic carbocycles. The minimum atomic E-state index is -0.637. The normalized spacial score (nSPS) is 30.0. The lowest BCUT2D eigenvalue weighted by molar-refractivity contribution is -0.127. The van der Waals surface area contributed by atoms with E-state index >= 15 is 0 Å². The molecule has 2 saturated carbocycles. The Kier molecular flexibility index (Phi) is 4.84. The average Bonchev–Trinajstić information content (AvgIpc) is 2.98. The summed E-state index contributed by atoms with van der Waals surface area (Å²) in [6, 6.07) is 3.29. The van der Waals surface area contributed by atoms with Gasteiger partial charge in [-0.3, -0.25) is 4.79 Å². The van der Waals surface area contributed by atoms with Gasteiger partial charge >= 0.3 is 0 Å². The quantitative estimate of drug-likeness (QED) is 0.899. The largest absolute Gasteiger partial charge is 0.352 e. The molecule has 2 aliphatic rings. The molecule has 116 valence electrons. The molecule has 4 unspecified atom stereocenters. The second-order valence-electron chi connectivity index (χ2n) is 5.89. The number of halogens is 3. The maximum absolute atomic E-state index is 13.5. The summed E-state index contributed by atoms with van der Waals surface area (Å²) in [7, 11) is 0. The molecule has 3 rings (SSSR count). The highest BCUT2D eigenvalue weighted by molar-refractivity contribution is 5.85. The van der Waals surface area contributed by atoms with Gasteiger partial charge in [-0.25, -0.2) is 8.78 Å². The number of rotatable bonds is 3. The van der Waals surface area contributed by atoms with Gasteiger partial charge in [-0.2, -0.15) is 0 Å². The third kappa shape index (κ3) is 3.04. The molecular weight excluding hydrogens is 298 g/mol. The van der Waals surface area contributed by atoms with E-state index in [9.17, 15) is 13.6 Å². The Morgan fingerprint density at radius 2 is 2.00 bits per heavy atom. The molecule has 4 atom stereocenters. The second-order valence-corrected chi connectivity index (χ2v) is 5.89. The predicted molar refractivity (Wildman–Crippen MR) is 77.7 cm³/mol. The summed E-state index contributed by atoms with van der Waals surface area (Å²) in [6.07, 6.45) is 3.20. The summed E-state index contributed by atoms with van der Waals surface area (Å²) < 4.78 is 26.3. The summed E-state index contributed by atoms with van der Waals surface area (Å²) >= 11 is 0. The van der Waals surface area contributed by atoms with Gasteiger partial charge in [0.05, 0.1) is 5.92 Å². The van der Waals surface area contributed by atoms with Crippen LogP contribution in [0.25, 0.3) is 0 Å². The molecule has 0 radical (unpaired) electrons. The molecule has 2 fully saturated rings. The van der Waals surface area contributed by atoms with Crippen LogP contribution in [0, 0.1) is 29.4 Å². The number of carbonyl (C=O) groups excluding carboxylic acids is 1. The first-order valence-electron chi connectivity index (χ1n) is 7.03. The molecule has 0 heterocycles. The van der Waals surface area contributed by atoms with Crippen LogP contribution in [0.4, 0.5) is 8.78 Å². The number of nitrogens with one attached hydrogen (secondary N) is 1. The van der Waals surface area contributed by atoms with Crippen molar-refractivity contribution in [1.82, 2.24) is 5.32 Å². The first kappa shape index (κ1) is 16.2. The Morgan fingerprint density at radius 1 is 1.29 bits per heavy atom. The van der Waals surface area contributed by atoms with Crippen LogP contribution in [0.1, 0.15) is 24.8 Å². The Bertz CT molecular complexity index is 538. The topological polar surface area (TPSA) is 55.1 Å². The van der Waals surface area contributed by atoms with E-state index in [1.165, 1.54) is 12.1 Å². The van der Waals surface area contributed by atoms with Crippen LogP contribution < -0.4 is 11.1 Å². The summed E-state index contributed by atoms with van der Waals surface area (Å²) in [5, 5.41) is 2.74. The van der Waals surface area contributed by atoms with E-state index in [1.807, 2.05) is 0 Å². The number of benzene rings is 1. The van der Waals surface area contributed by atoms with Crippen molar-refractivity contribution < 1.29 is 13.6 Å². The van der Waals surface area contributed by atoms with Gasteiger partial charge in [0.2, 0.25) is 5.91 Å². The average molecular weight is 317 g/mol. The van der Waals surface area contributed by atoms with E-state index in [0.717, 1.165) is 25.3 Å². The maximum atomic E-state index is 13.5. The smallest absolute Gasteiger partial charge is 0.225 e. The van der Waals surface area contributed by atoms with Gasteiger partial charge < -0.3 is 11.1 Å². The van der Waals surface area contributed by atoms with Crippen molar-refractivity contribution in [3.63, 3.8) is 0 Å². The van der Waals surface area contributed by atoms with Gasteiger partial charge in [0, 0.05) is 24.2 Å². The van der Waals surface area contributed by atoms with Crippen molar-refractivity contribution in [2.45, 2.75) is 31.8 Å². The standard InChI is InChI=1S/C15H18F2N2O.ClH/c16-11-4-3-10(12(17)6-11)7-19-15(20)13-8-1-2-9(5-8)14(13)18;/h3-4,6,8-9,13-14H,1-2,5,7,18H2,(H,19,20);1H. The number of nitrogens with two attached hydrogens (primary N) is 1. The van der Waals surface area contributed by atoms with Gasteiger partial charge in [0.1, 0.15) is 11.6 Å². The van der Waals surface area contributed by atoms with Crippen molar-refractivity contribution in [3.8, 4) is 0 Å². The minimum absolute atomic E-state index is 0. The highest BCUT2D eigenvalue weighted by atomic mass is 35.5. The highest BCUT2D eigenvalue weighted by Crippen LogP contribution is 2.47. The van der Waals surface area contributed by atoms with E-state index in [1.54, 1.807) is 0 Å². The van der Waals surface area contributed by atoms with Gasteiger partial charge in [0.15, 0.2) is 0 Å². The molecular formula is C15H19ClF2N2O. The zero-order valence-electron chi connectivity index (χ0n) is 11.5. The first-order valence-corrected chi connectivity index (χ1v) is 7.03. The molecule has 0 aromatic heterocycles. The van der Waals surface area contributed by atoms with Gasteiger partial charge in [-0.05, 0) is 37.2 Å². The summed E-state index contributed by atoms with van der Waals surface area (Å²) in [5.74, 6) is -0.688. The van der Waals surface area contributed by atoms with Crippen molar-refractivity contribution in [2.24, 2.45) is 23.5 Å². The fourth-order valence-corrected chi connectivity index (χ4v) is 3.69. The van der Waals surface area contributed by atoms with Crippen LogP contribution in [-0.2, 0) is 11.3 Å². The molecule has 2 bridgehead atoms. The Labute approximate surface area is 128 Å². The lowest BCUT2D eigenvalue weighted by atomic mass is 9.84. The van der Waals surface area contributed by atoms with E-state index in [-0.39, 0.29) is 42.4 Å². The van der Waals surface area contributed by atoms with Crippen LogP contribution in [0.5, 0.6) is 0 Å². The van der Waals surface area contributed by atoms with E-state index < -0.39 is 11.6 Å². The molecule has 3 nitrogen and oxygen atoms in total. The Morgan fingerprint density at radius 3 is 2.62 bits per heavy atom. The molecule has 2 aliphatic carbocycles. The van der Waals surface area contributed by atoms with Gasteiger partial charge in [0.25, 0.3) is 0 Å². The number of carbonyl (C=O) groups is 1. The van der Waals surface area contributed by atoms with E-state index in [0.29, 0.717) is 11.8 Å². The second kappa shape index (κ2) is 6.28. The van der Waals surface area contributed by atoms with Crippen molar-refractivity contribution in [2.75, 3.05) is 0 Å². The van der Waals surface area contributed by atoms with E-state index in [4.69, 9.17) is 5.73 Å². The molecule has 0 spiro atoms.